The quantitative estimate of drug-likeness (QED) is 0.472. The molecule has 0 saturated carbocycles. The van der Waals surface area contributed by atoms with Gasteiger partial charge >= 0.3 is 5.97 Å². The lowest BCUT2D eigenvalue weighted by Gasteiger charge is -2.35. The Bertz CT molecular complexity index is 912. The second-order valence-electron chi connectivity index (χ2n) is 10.1. The van der Waals surface area contributed by atoms with E-state index in [4.69, 9.17) is 4.74 Å². The lowest BCUT2D eigenvalue weighted by atomic mass is 9.88. The van der Waals surface area contributed by atoms with Crippen LogP contribution < -0.4 is 4.90 Å². The maximum Gasteiger partial charge on any atom is 0.350 e. The van der Waals surface area contributed by atoms with Gasteiger partial charge in [0.25, 0.3) is 0 Å². The van der Waals surface area contributed by atoms with Gasteiger partial charge in [-0.3, -0.25) is 14.5 Å². The van der Waals surface area contributed by atoms with E-state index in [0.29, 0.717) is 30.0 Å². The molecule has 2 atom stereocenters. The molecule has 6 nitrogen and oxygen atoms in total. The van der Waals surface area contributed by atoms with Gasteiger partial charge in [-0.15, -0.1) is 11.3 Å². The van der Waals surface area contributed by atoms with E-state index < -0.39 is 12.0 Å². The van der Waals surface area contributed by atoms with Crippen LogP contribution in [0.5, 0.6) is 0 Å². The van der Waals surface area contributed by atoms with Gasteiger partial charge < -0.3 is 9.64 Å². The van der Waals surface area contributed by atoms with Gasteiger partial charge in [0.15, 0.2) is 0 Å². The predicted octanol–water partition coefficient (Wildman–Crippen LogP) is 4.92. The Morgan fingerprint density at radius 2 is 1.94 bits per heavy atom. The summed E-state index contributed by atoms with van der Waals surface area (Å²) in [5.41, 5.74) is 1.62. The van der Waals surface area contributed by atoms with Crippen LogP contribution in [0.4, 0.5) is 5.69 Å². The van der Waals surface area contributed by atoms with E-state index in [-0.39, 0.29) is 23.1 Å². The molecule has 0 bridgehead atoms. The van der Waals surface area contributed by atoms with Crippen molar-refractivity contribution < 1.29 is 19.1 Å². The average Bonchev–Trinajstić information content (AvgIpc) is 3.13. The molecule has 1 aromatic rings. The molecule has 1 saturated heterocycles. The summed E-state index contributed by atoms with van der Waals surface area (Å²) in [5, 5.41) is 0. The molecule has 3 rings (SSSR count). The SMILES string of the molecule is COC(=O)c1sc(C(C)(C)C)cc1N(C(=O)[C@@H]1CC=C(C)CC1)[C@H]1CCCCN(C)C1=O. The van der Waals surface area contributed by atoms with E-state index in [1.165, 1.54) is 24.0 Å². The average molecular weight is 461 g/mol. The first-order chi connectivity index (χ1) is 15.0. The molecular formula is C25H36N2O4S. The van der Waals surface area contributed by atoms with Crippen molar-refractivity contribution >= 4 is 34.8 Å². The number of rotatable bonds is 4. The molecule has 1 fully saturated rings. The monoisotopic (exact) mass is 460 g/mol. The zero-order chi connectivity index (χ0) is 23.6. The molecule has 1 aliphatic heterocycles. The van der Waals surface area contributed by atoms with Crippen LogP contribution in [0.1, 0.15) is 80.8 Å². The van der Waals surface area contributed by atoms with Crippen LogP contribution in [0.25, 0.3) is 0 Å². The third-order valence-electron chi connectivity index (χ3n) is 6.50. The number of anilines is 1. The molecule has 7 heteroatoms. The van der Waals surface area contributed by atoms with Crippen LogP contribution in [0.2, 0.25) is 0 Å². The van der Waals surface area contributed by atoms with Crippen LogP contribution in [0.15, 0.2) is 17.7 Å². The number of hydrogen-bond donors (Lipinski definition) is 0. The number of carbonyl (C=O) groups is 3. The van der Waals surface area contributed by atoms with E-state index >= 15 is 0 Å². The van der Waals surface area contributed by atoms with Gasteiger partial charge in [-0.05, 0) is 56.9 Å². The number of carbonyl (C=O) groups excluding carboxylic acids is 3. The fourth-order valence-electron chi connectivity index (χ4n) is 4.41. The number of ether oxygens (including phenoxy) is 1. The van der Waals surface area contributed by atoms with E-state index in [0.717, 1.165) is 30.6 Å². The lowest BCUT2D eigenvalue weighted by molar-refractivity contribution is -0.133. The summed E-state index contributed by atoms with van der Waals surface area (Å²) in [6, 6.07) is 1.32. The molecule has 176 valence electrons. The van der Waals surface area contributed by atoms with Crippen molar-refractivity contribution in [2.24, 2.45) is 5.92 Å². The first-order valence-corrected chi connectivity index (χ1v) is 12.3. The Labute approximate surface area is 195 Å². The maximum atomic E-state index is 14.0. The summed E-state index contributed by atoms with van der Waals surface area (Å²) in [6.45, 7) is 9.01. The molecule has 1 aromatic heterocycles. The summed E-state index contributed by atoms with van der Waals surface area (Å²) in [6.07, 6.45) is 6.80. The summed E-state index contributed by atoms with van der Waals surface area (Å²) in [4.78, 5) is 44.8. The summed E-state index contributed by atoms with van der Waals surface area (Å²) >= 11 is 1.36. The maximum absolute atomic E-state index is 14.0. The van der Waals surface area contributed by atoms with Gasteiger partial charge in [0.1, 0.15) is 10.9 Å². The van der Waals surface area contributed by atoms with E-state index in [2.05, 4.69) is 33.8 Å². The molecule has 2 heterocycles. The molecule has 1 aliphatic carbocycles. The van der Waals surface area contributed by atoms with Crippen LogP contribution in [0.3, 0.4) is 0 Å². The third kappa shape index (κ3) is 5.08. The Kier molecular flexibility index (Phi) is 7.48. The van der Waals surface area contributed by atoms with Crippen molar-refractivity contribution in [2.75, 3.05) is 25.6 Å². The molecular weight excluding hydrogens is 424 g/mol. The van der Waals surface area contributed by atoms with Crippen molar-refractivity contribution in [1.29, 1.82) is 0 Å². The van der Waals surface area contributed by atoms with Gasteiger partial charge in [0.2, 0.25) is 11.8 Å². The van der Waals surface area contributed by atoms with Gasteiger partial charge in [0.05, 0.1) is 12.8 Å². The zero-order valence-electron chi connectivity index (χ0n) is 20.2. The van der Waals surface area contributed by atoms with Crippen LogP contribution in [-0.4, -0.2) is 49.4 Å². The van der Waals surface area contributed by atoms with Crippen LogP contribution in [0, 0.1) is 5.92 Å². The first-order valence-electron chi connectivity index (χ1n) is 11.5. The molecule has 0 spiro atoms. The standard InChI is InChI=1S/C25H36N2O4S/c1-16-10-12-17(13-11-16)22(28)27(18-9-7-8-14-26(5)23(18)29)19-15-20(25(2,3)4)32-21(19)24(30)31-6/h10,15,17-18H,7-9,11-14H2,1-6H3/t17-,18+/m1/s1. The molecule has 0 aromatic carbocycles. The van der Waals surface area contributed by atoms with Crippen molar-refractivity contribution in [2.45, 2.75) is 77.7 Å². The van der Waals surface area contributed by atoms with Crippen molar-refractivity contribution in [3.63, 3.8) is 0 Å². The fourth-order valence-corrected chi connectivity index (χ4v) is 5.53. The second-order valence-corrected chi connectivity index (χ2v) is 11.1. The minimum atomic E-state index is -0.604. The highest BCUT2D eigenvalue weighted by Gasteiger charge is 2.40. The number of methoxy groups -OCH3 is 1. The van der Waals surface area contributed by atoms with Crippen molar-refractivity contribution in [3.8, 4) is 0 Å². The number of hydrogen-bond acceptors (Lipinski definition) is 5. The Morgan fingerprint density at radius 3 is 2.53 bits per heavy atom. The molecule has 2 aliphatic rings. The number of amides is 2. The van der Waals surface area contributed by atoms with Crippen LogP contribution in [-0.2, 0) is 19.7 Å². The number of thiophene rings is 1. The number of nitrogens with zero attached hydrogens (tertiary/aromatic N) is 2. The van der Waals surface area contributed by atoms with Gasteiger partial charge in [-0.25, -0.2) is 4.79 Å². The summed E-state index contributed by atoms with van der Waals surface area (Å²) < 4.78 is 5.08. The molecule has 2 amide bonds. The molecule has 0 radical (unpaired) electrons. The van der Waals surface area contributed by atoms with E-state index in [9.17, 15) is 14.4 Å². The predicted molar refractivity (Wildman–Crippen MR) is 128 cm³/mol. The minimum absolute atomic E-state index is 0.0577. The van der Waals surface area contributed by atoms with Gasteiger partial charge in [-0.2, -0.15) is 0 Å². The topological polar surface area (TPSA) is 66.9 Å². The van der Waals surface area contributed by atoms with Crippen molar-refractivity contribution in [1.82, 2.24) is 4.90 Å². The number of likely N-dealkylation sites (tertiary alicyclic amines) is 1. The molecule has 32 heavy (non-hydrogen) atoms. The Balaban J connectivity index is 2.14. The van der Waals surface area contributed by atoms with E-state index in [1.807, 2.05) is 6.07 Å². The molecule has 0 unspecified atom stereocenters. The summed E-state index contributed by atoms with van der Waals surface area (Å²) in [7, 11) is 3.15. The smallest absolute Gasteiger partial charge is 0.350 e. The minimum Gasteiger partial charge on any atom is -0.465 e. The second kappa shape index (κ2) is 9.77. The zero-order valence-corrected chi connectivity index (χ0v) is 21.0. The molecule has 0 N–H and O–H groups in total. The highest BCUT2D eigenvalue weighted by Crippen LogP contribution is 2.40. The number of allylic oxidation sites excluding steroid dienone is 2. The van der Waals surface area contributed by atoms with Crippen molar-refractivity contribution in [3.05, 3.63) is 27.5 Å². The highest BCUT2D eigenvalue weighted by atomic mass is 32.1. The van der Waals surface area contributed by atoms with Gasteiger partial charge in [-0.1, -0.05) is 32.4 Å². The van der Waals surface area contributed by atoms with E-state index in [1.54, 1.807) is 16.8 Å². The van der Waals surface area contributed by atoms with Gasteiger partial charge in [0, 0.05) is 24.4 Å². The first kappa shape index (κ1) is 24.5. The fraction of sp³-hybridized carbons (Fsp3) is 0.640. The Morgan fingerprint density at radius 1 is 1.22 bits per heavy atom. The van der Waals surface area contributed by atoms with Crippen LogP contribution >= 0.6 is 11.3 Å². The number of esters is 1. The normalized spacial score (nSPS) is 22.2. The summed E-state index contributed by atoms with van der Waals surface area (Å²) in [5.74, 6) is -0.779. The lowest BCUT2D eigenvalue weighted by Crippen LogP contribution is -2.51. The highest BCUT2D eigenvalue weighted by molar-refractivity contribution is 7.14. The third-order valence-corrected chi connectivity index (χ3v) is 8.03. The largest absolute Gasteiger partial charge is 0.465 e. The number of likely N-dealkylation sites (N-methyl/N-ethyl adjacent to an activating group) is 1. The Hall–Kier alpha value is -2.15.